The van der Waals surface area contributed by atoms with Gasteiger partial charge in [0.25, 0.3) is 5.91 Å². The summed E-state index contributed by atoms with van der Waals surface area (Å²) >= 11 is 0. The molecule has 3 heterocycles. The Hall–Kier alpha value is -2.80. The summed E-state index contributed by atoms with van der Waals surface area (Å²) in [5.41, 5.74) is 2.27. The minimum atomic E-state index is -0.378. The number of ether oxygens (including phenoxy) is 1. The monoisotopic (exact) mass is 410 g/mol. The summed E-state index contributed by atoms with van der Waals surface area (Å²) in [6.45, 7) is 11.1. The van der Waals surface area contributed by atoms with E-state index in [1.165, 1.54) is 6.07 Å². The van der Waals surface area contributed by atoms with Gasteiger partial charge in [-0.25, -0.2) is 13.9 Å². The van der Waals surface area contributed by atoms with Gasteiger partial charge >= 0.3 is 0 Å². The average molecular weight is 410 g/mol. The number of carbonyl (C=O) groups is 1. The van der Waals surface area contributed by atoms with E-state index in [9.17, 15) is 9.18 Å². The smallest absolute Gasteiger partial charge is 0.272 e. The second-order valence-electron chi connectivity index (χ2n) is 9.02. The highest BCUT2D eigenvalue weighted by molar-refractivity contribution is 5.94. The largest absolute Gasteiger partial charge is 0.372 e. The van der Waals surface area contributed by atoms with Gasteiger partial charge in [-0.1, -0.05) is 32.9 Å². The first-order chi connectivity index (χ1) is 14.1. The molecular formula is C23H27FN4O2. The molecule has 1 aromatic carbocycles. The van der Waals surface area contributed by atoms with Crippen molar-refractivity contribution in [3.63, 3.8) is 0 Å². The molecule has 0 bridgehead atoms. The fourth-order valence-electron chi connectivity index (χ4n) is 3.81. The van der Waals surface area contributed by atoms with E-state index in [0.717, 1.165) is 5.69 Å². The Bertz CT molecular complexity index is 1090. The van der Waals surface area contributed by atoms with Gasteiger partial charge in [0.2, 0.25) is 0 Å². The number of carbonyl (C=O) groups excluding carboxylic acids is 1. The van der Waals surface area contributed by atoms with E-state index in [1.54, 1.807) is 33.7 Å². The number of rotatable bonds is 2. The number of fused-ring (bicyclic) bond motifs is 1. The third kappa shape index (κ3) is 3.81. The zero-order valence-electron chi connectivity index (χ0n) is 18.0. The normalized spacial score (nSPS) is 20.0. The van der Waals surface area contributed by atoms with Crippen LogP contribution < -0.4 is 0 Å². The lowest BCUT2D eigenvalue weighted by Gasteiger charge is -2.35. The van der Waals surface area contributed by atoms with E-state index in [2.05, 4.69) is 30.9 Å². The van der Waals surface area contributed by atoms with Crippen molar-refractivity contribution in [2.45, 2.75) is 52.2 Å². The van der Waals surface area contributed by atoms with E-state index >= 15 is 0 Å². The number of aromatic nitrogens is 3. The van der Waals surface area contributed by atoms with Gasteiger partial charge in [0.1, 0.15) is 11.5 Å². The Morgan fingerprint density at radius 3 is 2.43 bits per heavy atom. The van der Waals surface area contributed by atoms with E-state index in [0.29, 0.717) is 35.7 Å². The van der Waals surface area contributed by atoms with Gasteiger partial charge in [0.15, 0.2) is 5.65 Å². The Labute approximate surface area is 175 Å². The molecule has 1 saturated heterocycles. The highest BCUT2D eigenvalue weighted by atomic mass is 19.1. The van der Waals surface area contributed by atoms with Gasteiger partial charge in [0.05, 0.1) is 23.6 Å². The quantitative estimate of drug-likeness (QED) is 0.639. The molecule has 6 nitrogen and oxygen atoms in total. The molecule has 2 atom stereocenters. The first-order valence-electron chi connectivity index (χ1n) is 10.2. The standard InChI is InChI=1S/C23H27FN4O2/c1-14-12-27(13-15(2)30-14)22(29)19-10-18(16-8-6-7-9-17(16)24)25-21-11-20(23(3,4)5)26-28(19)21/h6-11,14-15H,12-13H2,1-5H3. The predicted molar refractivity (Wildman–Crippen MR) is 113 cm³/mol. The van der Waals surface area contributed by atoms with Gasteiger partial charge < -0.3 is 9.64 Å². The summed E-state index contributed by atoms with van der Waals surface area (Å²) in [6, 6.07) is 9.96. The molecule has 1 aliphatic rings. The lowest BCUT2D eigenvalue weighted by atomic mass is 9.93. The topological polar surface area (TPSA) is 59.7 Å². The molecule has 30 heavy (non-hydrogen) atoms. The Kier molecular flexibility index (Phi) is 5.10. The van der Waals surface area contributed by atoms with Crippen molar-refractivity contribution in [2.75, 3.05) is 13.1 Å². The first-order valence-corrected chi connectivity index (χ1v) is 10.2. The number of hydrogen-bond donors (Lipinski definition) is 0. The van der Waals surface area contributed by atoms with Gasteiger partial charge in [-0.15, -0.1) is 0 Å². The summed E-state index contributed by atoms with van der Waals surface area (Å²) in [5, 5.41) is 4.68. The van der Waals surface area contributed by atoms with Crippen molar-refractivity contribution < 1.29 is 13.9 Å². The minimum absolute atomic E-state index is 0.0520. The number of nitrogens with zero attached hydrogens (tertiary/aromatic N) is 4. The van der Waals surface area contributed by atoms with Crippen molar-refractivity contribution in [2.24, 2.45) is 0 Å². The zero-order chi connectivity index (χ0) is 21.6. The average Bonchev–Trinajstić information content (AvgIpc) is 3.11. The third-order valence-corrected chi connectivity index (χ3v) is 5.27. The number of halogens is 1. The van der Waals surface area contributed by atoms with Crippen molar-refractivity contribution in [1.29, 1.82) is 0 Å². The van der Waals surface area contributed by atoms with Crippen molar-refractivity contribution in [1.82, 2.24) is 19.5 Å². The zero-order valence-corrected chi connectivity index (χ0v) is 18.0. The van der Waals surface area contributed by atoms with Crippen molar-refractivity contribution in [3.8, 4) is 11.3 Å². The molecule has 7 heteroatoms. The minimum Gasteiger partial charge on any atom is -0.372 e. The Balaban J connectivity index is 1.88. The molecule has 0 aliphatic carbocycles. The summed E-state index contributed by atoms with van der Waals surface area (Å²) in [7, 11) is 0. The third-order valence-electron chi connectivity index (χ3n) is 5.27. The van der Waals surface area contributed by atoms with E-state index < -0.39 is 0 Å². The lowest BCUT2D eigenvalue weighted by molar-refractivity contribution is -0.0588. The van der Waals surface area contributed by atoms with E-state index in [-0.39, 0.29) is 29.3 Å². The van der Waals surface area contributed by atoms with Crippen LogP contribution in [-0.4, -0.2) is 50.7 Å². The molecule has 3 aromatic rings. The van der Waals surface area contributed by atoms with Crippen LogP contribution in [0.15, 0.2) is 36.4 Å². The second-order valence-corrected chi connectivity index (χ2v) is 9.02. The summed E-state index contributed by atoms with van der Waals surface area (Å²) < 4.78 is 21.8. The van der Waals surface area contributed by atoms with Crippen LogP contribution in [0.2, 0.25) is 0 Å². The van der Waals surface area contributed by atoms with Crippen LogP contribution in [0.4, 0.5) is 4.39 Å². The maximum atomic E-state index is 14.5. The molecule has 0 saturated carbocycles. The molecular weight excluding hydrogens is 383 g/mol. The summed E-state index contributed by atoms with van der Waals surface area (Å²) in [5.74, 6) is -0.539. The van der Waals surface area contributed by atoms with Crippen LogP contribution in [0.25, 0.3) is 16.9 Å². The van der Waals surface area contributed by atoms with Crippen molar-refractivity contribution in [3.05, 3.63) is 53.6 Å². The molecule has 4 rings (SSSR count). The number of morpholine rings is 1. The van der Waals surface area contributed by atoms with Crippen LogP contribution in [0.3, 0.4) is 0 Å². The van der Waals surface area contributed by atoms with Crippen LogP contribution in [0.5, 0.6) is 0 Å². The van der Waals surface area contributed by atoms with Gasteiger partial charge in [-0.05, 0) is 32.0 Å². The van der Waals surface area contributed by atoms with Crippen LogP contribution in [0.1, 0.15) is 50.8 Å². The highest BCUT2D eigenvalue weighted by Gasteiger charge is 2.30. The van der Waals surface area contributed by atoms with Gasteiger partial charge in [-0.2, -0.15) is 5.10 Å². The molecule has 0 spiro atoms. The number of amides is 1. The second kappa shape index (κ2) is 7.47. The highest BCUT2D eigenvalue weighted by Crippen LogP contribution is 2.27. The van der Waals surface area contributed by atoms with Crippen LogP contribution >= 0.6 is 0 Å². The van der Waals surface area contributed by atoms with Crippen LogP contribution in [0, 0.1) is 5.82 Å². The molecule has 1 aliphatic heterocycles. The van der Waals surface area contributed by atoms with Crippen molar-refractivity contribution >= 4 is 11.6 Å². The number of benzene rings is 1. The summed E-state index contributed by atoms with van der Waals surface area (Å²) in [4.78, 5) is 19.9. The SMILES string of the molecule is CC1CN(C(=O)c2cc(-c3ccccc3F)nc3cc(C(C)(C)C)nn23)CC(C)O1. The molecule has 2 unspecified atom stereocenters. The Morgan fingerprint density at radius 1 is 1.13 bits per heavy atom. The van der Waals surface area contributed by atoms with E-state index in [4.69, 9.17) is 4.74 Å². The molecule has 2 aromatic heterocycles. The number of hydrogen-bond acceptors (Lipinski definition) is 4. The van der Waals surface area contributed by atoms with E-state index in [1.807, 2.05) is 19.9 Å². The molecule has 0 N–H and O–H groups in total. The summed E-state index contributed by atoms with van der Waals surface area (Å²) in [6.07, 6.45) is -0.104. The first kappa shape index (κ1) is 20.5. The molecule has 1 fully saturated rings. The molecule has 1 amide bonds. The lowest BCUT2D eigenvalue weighted by Crippen LogP contribution is -2.48. The van der Waals surface area contributed by atoms with Gasteiger partial charge in [-0.3, -0.25) is 4.79 Å². The fraction of sp³-hybridized carbons (Fsp3) is 0.435. The molecule has 158 valence electrons. The maximum absolute atomic E-state index is 14.5. The fourth-order valence-corrected chi connectivity index (χ4v) is 3.81. The predicted octanol–water partition coefficient (Wildman–Crippen LogP) is 4.08. The van der Waals surface area contributed by atoms with Crippen LogP contribution in [-0.2, 0) is 10.2 Å². The van der Waals surface area contributed by atoms with Gasteiger partial charge in [0, 0.05) is 30.1 Å². The molecule has 0 radical (unpaired) electrons. The Morgan fingerprint density at radius 2 is 1.80 bits per heavy atom. The maximum Gasteiger partial charge on any atom is 0.272 e.